The van der Waals surface area contributed by atoms with Crippen molar-refractivity contribution in [3.63, 3.8) is 0 Å². The summed E-state index contributed by atoms with van der Waals surface area (Å²) >= 11 is 5.74. The van der Waals surface area contributed by atoms with E-state index in [1.165, 1.54) is 0 Å². The van der Waals surface area contributed by atoms with Crippen LogP contribution in [0.5, 0.6) is 0 Å². The van der Waals surface area contributed by atoms with Crippen molar-refractivity contribution in [2.45, 2.75) is 26.3 Å². The predicted octanol–water partition coefficient (Wildman–Crippen LogP) is 3.79. The van der Waals surface area contributed by atoms with Gasteiger partial charge in [-0.1, -0.05) is 20.8 Å². The molecule has 0 saturated heterocycles. The Morgan fingerprint density at radius 2 is 1.17 bits per heavy atom. The number of halogens is 6. The number of hydrogen-bond donors (Lipinski definition) is 0. The zero-order chi connectivity index (χ0) is 14.2. The molecule has 0 aromatic heterocycles. The van der Waals surface area contributed by atoms with Gasteiger partial charge >= 0.3 is 0 Å². The van der Waals surface area contributed by atoms with E-state index in [-0.39, 0.29) is 0 Å². The second-order valence-corrected chi connectivity index (χ2v) is 7.11. The van der Waals surface area contributed by atoms with Gasteiger partial charge in [-0.15, -0.1) is 0 Å². The standard InChI is InChI=1S/C11H12ClF5Si/c1-11(2,3)10(18-12)4-5(13)7(15)9(17)8(16)6(4)14/h10H,18H2,1-3H3. The first-order valence-corrected chi connectivity index (χ1v) is 8.15. The van der Waals surface area contributed by atoms with E-state index in [2.05, 4.69) is 0 Å². The quantitative estimate of drug-likeness (QED) is 0.256. The number of benzene rings is 1. The van der Waals surface area contributed by atoms with E-state index >= 15 is 0 Å². The monoisotopic (exact) mass is 302 g/mol. The lowest BCUT2D eigenvalue weighted by atomic mass is 9.86. The van der Waals surface area contributed by atoms with Crippen LogP contribution in [0.15, 0.2) is 0 Å². The molecular weight excluding hydrogens is 291 g/mol. The van der Waals surface area contributed by atoms with Crippen molar-refractivity contribution in [2.24, 2.45) is 5.41 Å². The largest absolute Gasteiger partial charge is 0.203 e. The molecule has 0 nitrogen and oxygen atoms in total. The first kappa shape index (κ1) is 15.4. The molecule has 0 aliphatic heterocycles. The smallest absolute Gasteiger partial charge is 0.200 e. The van der Waals surface area contributed by atoms with Gasteiger partial charge in [0.15, 0.2) is 23.3 Å². The normalized spacial score (nSPS) is 14.5. The van der Waals surface area contributed by atoms with Crippen LogP contribution in [0.4, 0.5) is 22.0 Å². The van der Waals surface area contributed by atoms with E-state index in [4.69, 9.17) is 11.1 Å². The Morgan fingerprint density at radius 1 is 0.833 bits per heavy atom. The second-order valence-electron chi connectivity index (χ2n) is 5.06. The van der Waals surface area contributed by atoms with Crippen LogP contribution in [0.3, 0.4) is 0 Å². The molecule has 0 aliphatic carbocycles. The predicted molar refractivity (Wildman–Crippen MR) is 62.8 cm³/mol. The molecule has 0 radical (unpaired) electrons. The molecular formula is C11H12ClF5Si. The van der Waals surface area contributed by atoms with E-state index in [0.29, 0.717) is 0 Å². The highest BCUT2D eigenvalue weighted by Gasteiger charge is 2.35. The van der Waals surface area contributed by atoms with Gasteiger partial charge < -0.3 is 0 Å². The molecule has 7 heteroatoms. The minimum atomic E-state index is -2.14. The zero-order valence-corrected chi connectivity index (χ0v) is 12.2. The van der Waals surface area contributed by atoms with Gasteiger partial charge in [0, 0.05) is 5.56 Å². The van der Waals surface area contributed by atoms with Crippen LogP contribution in [-0.2, 0) is 0 Å². The van der Waals surface area contributed by atoms with E-state index in [9.17, 15) is 22.0 Å². The average Bonchev–Trinajstić information content (AvgIpc) is 2.27. The average molecular weight is 303 g/mol. The Kier molecular flexibility index (Phi) is 4.43. The molecule has 0 spiro atoms. The molecule has 1 aromatic carbocycles. The summed E-state index contributed by atoms with van der Waals surface area (Å²) in [5, 5.41) is 0. The second kappa shape index (κ2) is 5.17. The van der Waals surface area contributed by atoms with Crippen LogP contribution in [0.25, 0.3) is 0 Å². The third-order valence-electron chi connectivity index (χ3n) is 2.79. The van der Waals surface area contributed by atoms with Crippen LogP contribution in [0.1, 0.15) is 31.9 Å². The topological polar surface area (TPSA) is 0 Å². The highest BCUT2D eigenvalue weighted by atomic mass is 35.6. The number of rotatable bonds is 2. The van der Waals surface area contributed by atoms with E-state index in [0.717, 1.165) is 0 Å². The molecule has 102 valence electrons. The van der Waals surface area contributed by atoms with Crippen molar-refractivity contribution in [2.75, 3.05) is 0 Å². The van der Waals surface area contributed by atoms with E-state index in [1.54, 1.807) is 20.8 Å². The molecule has 1 rings (SSSR count). The lowest BCUT2D eigenvalue weighted by Gasteiger charge is -2.29. The molecule has 0 amide bonds. The summed E-state index contributed by atoms with van der Waals surface area (Å²) < 4.78 is 66.3. The third kappa shape index (κ3) is 2.54. The van der Waals surface area contributed by atoms with Crippen LogP contribution < -0.4 is 0 Å². The summed E-state index contributed by atoms with van der Waals surface area (Å²) in [6.45, 7) is 4.93. The van der Waals surface area contributed by atoms with E-state index < -0.39 is 54.4 Å². The van der Waals surface area contributed by atoms with Gasteiger partial charge in [0.2, 0.25) is 5.82 Å². The van der Waals surface area contributed by atoms with Crippen molar-refractivity contribution in [3.05, 3.63) is 34.6 Å². The molecule has 0 heterocycles. The van der Waals surface area contributed by atoms with Crippen LogP contribution in [0.2, 0.25) is 0 Å². The van der Waals surface area contributed by atoms with E-state index in [1.807, 2.05) is 0 Å². The summed E-state index contributed by atoms with van der Waals surface area (Å²) in [5.74, 6) is -9.54. The third-order valence-corrected chi connectivity index (χ3v) is 5.66. The Bertz CT molecular complexity index is 440. The van der Waals surface area contributed by atoms with Gasteiger partial charge in [0.1, 0.15) is 8.83 Å². The highest BCUT2D eigenvalue weighted by molar-refractivity contribution is 6.94. The summed E-state index contributed by atoms with van der Waals surface area (Å²) in [5.41, 5.74) is -2.31. The summed E-state index contributed by atoms with van der Waals surface area (Å²) in [7, 11) is -1.53. The van der Waals surface area contributed by atoms with Gasteiger partial charge in [-0.2, -0.15) is 11.1 Å². The molecule has 18 heavy (non-hydrogen) atoms. The van der Waals surface area contributed by atoms with Gasteiger partial charge in [-0.05, 0) is 11.0 Å². The summed E-state index contributed by atoms with van der Waals surface area (Å²) in [6.07, 6.45) is 0. The maximum absolute atomic E-state index is 13.6. The summed E-state index contributed by atoms with van der Waals surface area (Å²) in [6, 6.07) is 0. The van der Waals surface area contributed by atoms with Crippen LogP contribution >= 0.6 is 11.1 Å². The first-order valence-electron chi connectivity index (χ1n) is 5.20. The van der Waals surface area contributed by atoms with Crippen molar-refractivity contribution in [1.82, 2.24) is 0 Å². The minimum absolute atomic E-state index is 0.674. The Labute approximate surface area is 109 Å². The van der Waals surface area contributed by atoms with Crippen LogP contribution in [-0.4, -0.2) is 8.83 Å². The molecule has 1 unspecified atom stereocenters. The Morgan fingerprint density at radius 3 is 1.44 bits per heavy atom. The zero-order valence-electron chi connectivity index (χ0n) is 10.1. The van der Waals surface area contributed by atoms with Crippen molar-refractivity contribution < 1.29 is 22.0 Å². The van der Waals surface area contributed by atoms with Gasteiger partial charge in [-0.25, -0.2) is 22.0 Å². The van der Waals surface area contributed by atoms with Crippen molar-refractivity contribution >= 4 is 19.9 Å². The molecule has 0 fully saturated rings. The maximum Gasteiger partial charge on any atom is 0.200 e. The van der Waals surface area contributed by atoms with Gasteiger partial charge in [0.05, 0.1) is 0 Å². The molecule has 0 aliphatic rings. The van der Waals surface area contributed by atoms with Crippen molar-refractivity contribution in [1.29, 1.82) is 0 Å². The fourth-order valence-corrected chi connectivity index (χ4v) is 4.50. The summed E-state index contributed by atoms with van der Waals surface area (Å²) in [4.78, 5) is 0. The number of hydrogen-bond acceptors (Lipinski definition) is 0. The van der Waals surface area contributed by atoms with Gasteiger partial charge in [0.25, 0.3) is 0 Å². The Hall–Kier alpha value is -0.623. The first-order chi connectivity index (χ1) is 8.12. The molecule has 1 atom stereocenters. The maximum atomic E-state index is 13.6. The minimum Gasteiger partial charge on any atom is -0.203 e. The van der Waals surface area contributed by atoms with Crippen molar-refractivity contribution in [3.8, 4) is 0 Å². The fraction of sp³-hybridized carbons (Fsp3) is 0.455. The highest BCUT2D eigenvalue weighted by Crippen LogP contribution is 2.39. The lowest BCUT2D eigenvalue weighted by molar-refractivity contribution is 0.336. The SMILES string of the molecule is CC(C)(C)C([SiH2]Cl)c1c(F)c(F)c(F)c(F)c1F. The van der Waals surface area contributed by atoms with Gasteiger partial charge in [-0.3, -0.25) is 0 Å². The lowest BCUT2D eigenvalue weighted by Crippen LogP contribution is -2.25. The molecule has 0 saturated carbocycles. The molecule has 0 N–H and O–H groups in total. The fourth-order valence-electron chi connectivity index (χ4n) is 1.67. The molecule has 0 bridgehead atoms. The Balaban J connectivity index is 3.59. The molecule has 1 aromatic rings. The van der Waals surface area contributed by atoms with Crippen LogP contribution in [0, 0.1) is 34.5 Å².